The molecule has 3 atom stereocenters. The van der Waals surface area contributed by atoms with Crippen molar-refractivity contribution in [3.63, 3.8) is 0 Å². The smallest absolute Gasteiger partial charge is 0.315 e. The van der Waals surface area contributed by atoms with Crippen LogP contribution in [0.25, 0.3) is 0 Å². The maximum absolute atomic E-state index is 12.6. The molecule has 136 valence electrons. The molecule has 1 saturated carbocycles. The first kappa shape index (κ1) is 17.6. The third-order valence-corrected chi connectivity index (χ3v) is 5.41. The predicted molar refractivity (Wildman–Crippen MR) is 95.6 cm³/mol. The quantitative estimate of drug-likeness (QED) is 0.785. The largest absolute Gasteiger partial charge is 0.496 e. The molecule has 2 fully saturated rings. The fourth-order valence-corrected chi connectivity index (χ4v) is 4.12. The molecule has 3 rings (SSSR count). The molecule has 3 N–H and O–H groups in total. The first-order chi connectivity index (χ1) is 11.9. The van der Waals surface area contributed by atoms with E-state index in [0.717, 1.165) is 42.6 Å². The molecule has 6 nitrogen and oxygen atoms in total. The van der Waals surface area contributed by atoms with Gasteiger partial charge in [0.2, 0.25) is 5.91 Å². The third-order valence-electron chi connectivity index (χ3n) is 5.41. The first-order valence-corrected chi connectivity index (χ1v) is 8.96. The predicted octanol–water partition coefficient (Wildman–Crippen LogP) is 2.57. The minimum Gasteiger partial charge on any atom is -0.496 e. The van der Waals surface area contributed by atoms with E-state index < -0.39 is 5.54 Å². The van der Waals surface area contributed by atoms with E-state index in [2.05, 4.69) is 16.0 Å². The van der Waals surface area contributed by atoms with Crippen LogP contribution in [-0.2, 0) is 4.79 Å². The average molecular weight is 345 g/mol. The van der Waals surface area contributed by atoms with Crippen molar-refractivity contribution >= 4 is 11.9 Å². The van der Waals surface area contributed by atoms with Crippen LogP contribution in [0, 0.1) is 6.92 Å². The number of urea groups is 1. The fourth-order valence-electron chi connectivity index (χ4n) is 4.12. The van der Waals surface area contributed by atoms with Crippen molar-refractivity contribution in [3.8, 4) is 5.75 Å². The van der Waals surface area contributed by atoms with Gasteiger partial charge in [-0.25, -0.2) is 4.79 Å². The van der Waals surface area contributed by atoms with E-state index in [4.69, 9.17) is 4.74 Å². The molecule has 1 aliphatic carbocycles. The van der Waals surface area contributed by atoms with Crippen molar-refractivity contribution in [2.45, 2.75) is 63.6 Å². The van der Waals surface area contributed by atoms with E-state index in [0.29, 0.717) is 6.42 Å². The summed E-state index contributed by atoms with van der Waals surface area (Å²) in [7, 11) is 1.63. The molecule has 0 radical (unpaired) electrons. The SMILES string of the molecule is COc1ccc(C)cc1[C@H](C)NC(=O)N[C@@]12CCCC[C@@H]1NC(=O)C2. The molecule has 6 heteroatoms. The summed E-state index contributed by atoms with van der Waals surface area (Å²) in [6.45, 7) is 3.95. The lowest BCUT2D eigenvalue weighted by molar-refractivity contribution is -0.119. The standard InChI is InChI=1S/C19H27N3O3/c1-12-7-8-15(25-3)14(10-12)13(2)20-18(24)22-19-9-5-4-6-16(19)21-17(23)11-19/h7-8,10,13,16H,4-6,9,11H2,1-3H3,(H,21,23)(H2,20,22,24)/t13-,16-,19+/m0/s1. The molecule has 1 aromatic carbocycles. The summed E-state index contributed by atoms with van der Waals surface area (Å²) in [6, 6.07) is 5.53. The molecule has 1 saturated heterocycles. The van der Waals surface area contributed by atoms with Gasteiger partial charge in [0, 0.05) is 5.56 Å². The summed E-state index contributed by atoms with van der Waals surface area (Å²) in [4.78, 5) is 24.5. The number of benzene rings is 1. The van der Waals surface area contributed by atoms with Crippen LogP contribution in [-0.4, -0.2) is 30.6 Å². The highest BCUT2D eigenvalue weighted by Gasteiger charge is 2.49. The van der Waals surface area contributed by atoms with Crippen molar-refractivity contribution in [1.29, 1.82) is 0 Å². The lowest BCUT2D eigenvalue weighted by Crippen LogP contribution is -2.59. The second-order valence-corrected chi connectivity index (χ2v) is 7.26. The molecule has 0 bridgehead atoms. The number of carbonyl (C=O) groups excluding carboxylic acids is 2. The first-order valence-electron chi connectivity index (χ1n) is 8.96. The number of fused-ring (bicyclic) bond motifs is 1. The lowest BCUT2D eigenvalue weighted by Gasteiger charge is -2.39. The molecular weight excluding hydrogens is 318 g/mol. The molecule has 1 aromatic rings. The Morgan fingerprint density at radius 1 is 1.40 bits per heavy atom. The number of hydrogen-bond acceptors (Lipinski definition) is 3. The lowest BCUT2D eigenvalue weighted by atomic mass is 9.78. The van der Waals surface area contributed by atoms with Gasteiger partial charge in [0.25, 0.3) is 0 Å². The van der Waals surface area contributed by atoms with Crippen molar-refractivity contribution in [2.75, 3.05) is 7.11 Å². The van der Waals surface area contributed by atoms with Crippen LogP contribution in [0.5, 0.6) is 5.75 Å². The van der Waals surface area contributed by atoms with Crippen LogP contribution in [0.4, 0.5) is 4.79 Å². The topological polar surface area (TPSA) is 79.5 Å². The van der Waals surface area contributed by atoms with E-state index in [-0.39, 0.29) is 24.0 Å². The van der Waals surface area contributed by atoms with E-state index >= 15 is 0 Å². The number of nitrogens with one attached hydrogen (secondary N) is 3. The molecule has 2 aliphatic rings. The van der Waals surface area contributed by atoms with E-state index in [1.54, 1.807) is 7.11 Å². The van der Waals surface area contributed by atoms with Crippen molar-refractivity contribution in [2.24, 2.45) is 0 Å². The zero-order valence-electron chi connectivity index (χ0n) is 15.1. The van der Waals surface area contributed by atoms with Gasteiger partial charge in [0.05, 0.1) is 31.2 Å². The number of carbonyl (C=O) groups is 2. The molecule has 3 amide bonds. The summed E-state index contributed by atoms with van der Waals surface area (Å²) < 4.78 is 5.41. The molecule has 0 unspecified atom stereocenters. The zero-order chi connectivity index (χ0) is 18.0. The molecule has 1 aliphatic heterocycles. The fraction of sp³-hybridized carbons (Fsp3) is 0.579. The van der Waals surface area contributed by atoms with Crippen LogP contribution in [0.3, 0.4) is 0 Å². The highest BCUT2D eigenvalue weighted by atomic mass is 16.5. The van der Waals surface area contributed by atoms with Crippen LogP contribution < -0.4 is 20.7 Å². The molecule has 0 spiro atoms. The molecule has 1 heterocycles. The Morgan fingerprint density at radius 2 is 2.20 bits per heavy atom. The van der Waals surface area contributed by atoms with Crippen LogP contribution >= 0.6 is 0 Å². The molecular formula is C19H27N3O3. The Morgan fingerprint density at radius 3 is 2.96 bits per heavy atom. The summed E-state index contributed by atoms with van der Waals surface area (Å²) in [5.74, 6) is 0.783. The van der Waals surface area contributed by atoms with Gasteiger partial charge in [0.1, 0.15) is 5.75 Å². The monoisotopic (exact) mass is 345 g/mol. The number of aryl methyl sites for hydroxylation is 1. The van der Waals surface area contributed by atoms with Gasteiger partial charge in [-0.05, 0) is 32.8 Å². The maximum atomic E-state index is 12.6. The van der Waals surface area contributed by atoms with Gasteiger partial charge in [0.15, 0.2) is 0 Å². The van der Waals surface area contributed by atoms with Crippen LogP contribution in [0.1, 0.15) is 56.2 Å². The van der Waals surface area contributed by atoms with Crippen LogP contribution in [0.15, 0.2) is 18.2 Å². The van der Waals surface area contributed by atoms with Gasteiger partial charge in [-0.3, -0.25) is 4.79 Å². The Bertz CT molecular complexity index is 676. The Kier molecular flexibility index (Phi) is 4.88. The number of hydrogen-bond donors (Lipinski definition) is 3. The van der Waals surface area contributed by atoms with Gasteiger partial charge in [-0.1, -0.05) is 30.5 Å². The number of methoxy groups -OCH3 is 1. The highest BCUT2D eigenvalue weighted by Crippen LogP contribution is 2.35. The number of ether oxygens (including phenoxy) is 1. The summed E-state index contributed by atoms with van der Waals surface area (Å²) in [5.41, 5.74) is 1.60. The number of amides is 3. The van der Waals surface area contributed by atoms with Crippen molar-refractivity contribution in [3.05, 3.63) is 29.3 Å². The second kappa shape index (κ2) is 6.94. The number of rotatable bonds is 4. The minimum absolute atomic E-state index is 0.0283. The summed E-state index contributed by atoms with van der Waals surface area (Å²) in [5, 5.41) is 9.11. The zero-order valence-corrected chi connectivity index (χ0v) is 15.1. The van der Waals surface area contributed by atoms with Gasteiger partial charge >= 0.3 is 6.03 Å². The third kappa shape index (κ3) is 3.57. The highest BCUT2D eigenvalue weighted by molar-refractivity contribution is 5.84. The Balaban J connectivity index is 1.70. The van der Waals surface area contributed by atoms with Gasteiger partial charge in [-0.2, -0.15) is 0 Å². The Labute approximate surface area is 148 Å². The van der Waals surface area contributed by atoms with Gasteiger partial charge < -0.3 is 20.7 Å². The van der Waals surface area contributed by atoms with Crippen LogP contribution in [0.2, 0.25) is 0 Å². The summed E-state index contributed by atoms with van der Waals surface area (Å²) in [6.07, 6.45) is 4.26. The van der Waals surface area contributed by atoms with E-state index in [1.165, 1.54) is 0 Å². The second-order valence-electron chi connectivity index (χ2n) is 7.26. The van der Waals surface area contributed by atoms with Crippen molar-refractivity contribution < 1.29 is 14.3 Å². The molecule has 25 heavy (non-hydrogen) atoms. The molecule has 0 aromatic heterocycles. The Hall–Kier alpha value is -2.24. The summed E-state index contributed by atoms with van der Waals surface area (Å²) >= 11 is 0. The van der Waals surface area contributed by atoms with Gasteiger partial charge in [-0.15, -0.1) is 0 Å². The maximum Gasteiger partial charge on any atom is 0.315 e. The van der Waals surface area contributed by atoms with Crippen molar-refractivity contribution in [1.82, 2.24) is 16.0 Å². The van der Waals surface area contributed by atoms with E-state index in [9.17, 15) is 9.59 Å². The van der Waals surface area contributed by atoms with E-state index in [1.807, 2.05) is 32.0 Å². The minimum atomic E-state index is -0.449. The average Bonchev–Trinajstić information content (AvgIpc) is 2.89. The normalized spacial score (nSPS) is 26.4.